The normalized spacial score (nSPS) is 18.5. The second-order valence-electron chi connectivity index (χ2n) is 5.85. The molecule has 0 saturated heterocycles. The van der Waals surface area contributed by atoms with Gasteiger partial charge in [0.15, 0.2) is 5.96 Å². The number of thiophene rings is 1. The monoisotopic (exact) mass is 309 g/mol. The number of nitrogens with zero attached hydrogens (tertiary/aromatic N) is 1. The Morgan fingerprint density at radius 2 is 2.05 bits per heavy atom. The molecule has 3 N–H and O–H groups in total. The first-order valence-corrected chi connectivity index (χ1v) is 8.73. The molecule has 1 fully saturated rings. The van der Waals surface area contributed by atoms with Crippen molar-refractivity contribution < 1.29 is 5.11 Å². The fraction of sp³-hybridized carbons (Fsp3) is 0.688. The number of hydrogen-bond acceptors (Lipinski definition) is 3. The highest BCUT2D eigenvalue weighted by Gasteiger charge is 2.29. The van der Waals surface area contributed by atoms with Gasteiger partial charge in [-0.3, -0.25) is 0 Å². The van der Waals surface area contributed by atoms with Crippen molar-refractivity contribution in [2.45, 2.75) is 58.1 Å². The zero-order chi connectivity index (χ0) is 15.1. The van der Waals surface area contributed by atoms with E-state index >= 15 is 0 Å². The molecule has 0 aliphatic heterocycles. The second kappa shape index (κ2) is 7.80. The van der Waals surface area contributed by atoms with Crippen molar-refractivity contribution in [3.8, 4) is 0 Å². The Labute approximate surface area is 131 Å². The summed E-state index contributed by atoms with van der Waals surface area (Å²) in [5, 5.41) is 17.1. The molecule has 4 nitrogen and oxygen atoms in total. The second-order valence-corrected chi connectivity index (χ2v) is 7.22. The van der Waals surface area contributed by atoms with Gasteiger partial charge in [0.05, 0.1) is 12.1 Å². The van der Waals surface area contributed by atoms with E-state index < -0.39 is 5.60 Å². The molecule has 5 heteroatoms. The Bertz CT molecular complexity index is 464. The molecule has 0 atom stereocenters. The van der Waals surface area contributed by atoms with Crippen LogP contribution >= 0.6 is 11.3 Å². The molecule has 1 aliphatic rings. The van der Waals surface area contributed by atoms with Gasteiger partial charge in [-0.2, -0.15) is 0 Å². The maximum Gasteiger partial charge on any atom is 0.191 e. The van der Waals surface area contributed by atoms with Crippen LogP contribution in [0.2, 0.25) is 0 Å². The molecule has 0 spiro atoms. The van der Waals surface area contributed by atoms with Crippen LogP contribution in [0.15, 0.2) is 17.1 Å². The predicted molar refractivity (Wildman–Crippen MR) is 89.9 cm³/mol. The summed E-state index contributed by atoms with van der Waals surface area (Å²) in [6.45, 7) is 6.27. The molecule has 1 aliphatic carbocycles. The van der Waals surface area contributed by atoms with E-state index in [0.29, 0.717) is 13.1 Å². The lowest BCUT2D eigenvalue weighted by atomic mass is 9.85. The van der Waals surface area contributed by atoms with E-state index in [9.17, 15) is 5.11 Å². The molecule has 118 valence electrons. The number of rotatable bonds is 5. The maximum atomic E-state index is 10.5. The van der Waals surface area contributed by atoms with E-state index in [1.165, 1.54) is 16.2 Å². The first-order chi connectivity index (χ1) is 10.1. The molecule has 2 rings (SSSR count). The van der Waals surface area contributed by atoms with Crippen LogP contribution in [-0.4, -0.2) is 29.8 Å². The molecular weight excluding hydrogens is 282 g/mol. The molecule has 1 saturated carbocycles. The molecule has 1 heterocycles. The van der Waals surface area contributed by atoms with E-state index in [0.717, 1.165) is 38.2 Å². The molecule has 1 aromatic heterocycles. The van der Waals surface area contributed by atoms with Crippen molar-refractivity contribution in [1.82, 2.24) is 10.6 Å². The van der Waals surface area contributed by atoms with Crippen molar-refractivity contribution >= 4 is 17.3 Å². The summed E-state index contributed by atoms with van der Waals surface area (Å²) in [4.78, 5) is 7.19. The average Bonchev–Trinajstić information content (AvgIpc) is 2.88. The minimum atomic E-state index is -0.562. The van der Waals surface area contributed by atoms with Gasteiger partial charge in [0, 0.05) is 22.8 Å². The topological polar surface area (TPSA) is 56.7 Å². The van der Waals surface area contributed by atoms with Crippen LogP contribution in [0.1, 0.15) is 48.8 Å². The van der Waals surface area contributed by atoms with Crippen molar-refractivity contribution in [2.75, 3.05) is 13.1 Å². The highest BCUT2D eigenvalue weighted by molar-refractivity contribution is 7.11. The fourth-order valence-electron chi connectivity index (χ4n) is 2.70. The van der Waals surface area contributed by atoms with E-state index in [1.807, 2.05) is 0 Å². The lowest BCUT2D eigenvalue weighted by Gasteiger charge is -2.32. The van der Waals surface area contributed by atoms with Gasteiger partial charge in [-0.1, -0.05) is 19.3 Å². The third-order valence-corrected chi connectivity index (χ3v) is 4.89. The molecule has 0 bridgehead atoms. The van der Waals surface area contributed by atoms with E-state index in [1.54, 1.807) is 11.3 Å². The van der Waals surface area contributed by atoms with Gasteiger partial charge in [0.25, 0.3) is 0 Å². The molecule has 21 heavy (non-hydrogen) atoms. The van der Waals surface area contributed by atoms with Crippen molar-refractivity contribution in [2.24, 2.45) is 4.99 Å². The maximum absolute atomic E-state index is 10.5. The van der Waals surface area contributed by atoms with Crippen molar-refractivity contribution in [3.63, 3.8) is 0 Å². The molecule has 0 radical (unpaired) electrons. The van der Waals surface area contributed by atoms with Gasteiger partial charge in [-0.15, -0.1) is 11.3 Å². The van der Waals surface area contributed by atoms with Crippen LogP contribution in [0, 0.1) is 6.92 Å². The zero-order valence-electron chi connectivity index (χ0n) is 13.1. The number of nitrogens with one attached hydrogen (secondary N) is 2. The Hall–Kier alpha value is -1.07. The number of hydrogen-bond donors (Lipinski definition) is 3. The molecular formula is C16H27N3OS. The summed E-state index contributed by atoms with van der Waals surface area (Å²) in [5.41, 5.74) is -0.562. The number of aliphatic imine (C=N–C) groups is 1. The first-order valence-electron chi connectivity index (χ1n) is 7.91. The van der Waals surface area contributed by atoms with Crippen LogP contribution in [0.3, 0.4) is 0 Å². The molecule has 1 aromatic rings. The highest BCUT2D eigenvalue weighted by Crippen LogP contribution is 2.27. The Balaban J connectivity index is 1.88. The van der Waals surface area contributed by atoms with Crippen LogP contribution in [0.25, 0.3) is 0 Å². The Morgan fingerprint density at radius 1 is 1.29 bits per heavy atom. The lowest BCUT2D eigenvalue weighted by molar-refractivity contribution is 0.00859. The van der Waals surface area contributed by atoms with Crippen molar-refractivity contribution in [1.29, 1.82) is 0 Å². The third kappa shape index (κ3) is 5.32. The smallest absolute Gasteiger partial charge is 0.191 e. The van der Waals surface area contributed by atoms with Gasteiger partial charge >= 0.3 is 0 Å². The fourth-order valence-corrected chi connectivity index (χ4v) is 3.52. The first kappa shape index (κ1) is 16.3. The molecule has 0 amide bonds. The Kier molecular flexibility index (Phi) is 6.06. The average molecular weight is 309 g/mol. The van der Waals surface area contributed by atoms with Gasteiger partial charge in [-0.25, -0.2) is 4.99 Å². The highest BCUT2D eigenvalue weighted by atomic mass is 32.1. The summed E-state index contributed by atoms with van der Waals surface area (Å²) < 4.78 is 0. The largest absolute Gasteiger partial charge is 0.388 e. The van der Waals surface area contributed by atoms with Crippen LogP contribution in [0.5, 0.6) is 0 Å². The van der Waals surface area contributed by atoms with Gasteiger partial charge in [0.2, 0.25) is 0 Å². The van der Waals surface area contributed by atoms with Gasteiger partial charge in [-0.05, 0) is 38.8 Å². The number of aliphatic hydroxyl groups is 1. The van der Waals surface area contributed by atoms with Crippen LogP contribution < -0.4 is 10.6 Å². The van der Waals surface area contributed by atoms with E-state index in [-0.39, 0.29) is 0 Å². The van der Waals surface area contributed by atoms with Crippen LogP contribution in [0.4, 0.5) is 0 Å². The van der Waals surface area contributed by atoms with E-state index in [2.05, 4.69) is 41.6 Å². The number of guanidine groups is 1. The minimum absolute atomic E-state index is 0.562. The quantitative estimate of drug-likeness (QED) is 0.579. The SMILES string of the molecule is CCNC(=NCc1ccc(C)s1)NCC1(O)CCCCC1. The third-order valence-electron chi connectivity index (χ3n) is 3.90. The Morgan fingerprint density at radius 3 is 2.67 bits per heavy atom. The standard InChI is InChI=1S/C16H27N3OS/c1-3-17-15(18-11-14-8-7-13(2)21-14)19-12-16(20)9-5-4-6-10-16/h7-8,20H,3-6,9-12H2,1-2H3,(H2,17,18,19). The van der Waals surface area contributed by atoms with Crippen LogP contribution in [-0.2, 0) is 6.54 Å². The van der Waals surface area contributed by atoms with Crippen molar-refractivity contribution in [3.05, 3.63) is 21.9 Å². The zero-order valence-corrected chi connectivity index (χ0v) is 13.9. The predicted octanol–water partition coefficient (Wildman–Crippen LogP) is 2.81. The number of aryl methyl sites for hydroxylation is 1. The molecule has 0 aromatic carbocycles. The lowest BCUT2D eigenvalue weighted by Crippen LogP contribution is -2.48. The summed E-state index contributed by atoms with van der Waals surface area (Å²) >= 11 is 1.78. The summed E-state index contributed by atoms with van der Waals surface area (Å²) in [6.07, 6.45) is 5.28. The minimum Gasteiger partial charge on any atom is -0.388 e. The summed E-state index contributed by atoms with van der Waals surface area (Å²) in [7, 11) is 0. The van der Waals surface area contributed by atoms with Gasteiger partial charge < -0.3 is 15.7 Å². The summed E-state index contributed by atoms with van der Waals surface area (Å²) in [6, 6.07) is 4.25. The summed E-state index contributed by atoms with van der Waals surface area (Å²) in [5.74, 6) is 0.794. The van der Waals surface area contributed by atoms with E-state index in [4.69, 9.17) is 0 Å². The molecule has 0 unspecified atom stereocenters. The van der Waals surface area contributed by atoms with Gasteiger partial charge in [0.1, 0.15) is 0 Å².